The summed E-state index contributed by atoms with van der Waals surface area (Å²) in [6.45, 7) is 2.18. The van der Waals surface area contributed by atoms with Gasteiger partial charge in [-0.2, -0.15) is 0 Å². The summed E-state index contributed by atoms with van der Waals surface area (Å²) >= 11 is 3.21. The number of rotatable bonds is 2. The van der Waals surface area contributed by atoms with Crippen molar-refractivity contribution in [3.63, 3.8) is 0 Å². The van der Waals surface area contributed by atoms with Crippen molar-refractivity contribution in [1.82, 2.24) is 9.55 Å². The van der Waals surface area contributed by atoms with E-state index in [1.807, 2.05) is 6.07 Å². The molecule has 0 bridgehead atoms. The topological polar surface area (TPSA) is 48.0 Å². The van der Waals surface area contributed by atoms with Crippen molar-refractivity contribution in [2.24, 2.45) is 0 Å². The summed E-state index contributed by atoms with van der Waals surface area (Å²) in [5.41, 5.74) is 0.592. The van der Waals surface area contributed by atoms with Gasteiger partial charge in [-0.25, -0.2) is 4.98 Å². The van der Waals surface area contributed by atoms with Crippen molar-refractivity contribution >= 4 is 15.9 Å². The first kappa shape index (κ1) is 10.2. The van der Waals surface area contributed by atoms with E-state index in [2.05, 4.69) is 20.9 Å². The zero-order valence-corrected chi connectivity index (χ0v) is 9.69. The third-order valence-corrected chi connectivity index (χ3v) is 2.98. The lowest BCUT2D eigenvalue weighted by atomic mass is 10.4. The molecule has 0 aliphatic heterocycles. The fraction of sp³-hybridized carbons (Fsp3) is 0.200. The smallest absolute Gasteiger partial charge is 0.268 e. The van der Waals surface area contributed by atoms with Gasteiger partial charge in [-0.15, -0.1) is 0 Å². The minimum Gasteiger partial charge on any atom is -0.467 e. The van der Waals surface area contributed by atoms with Crippen molar-refractivity contribution in [1.29, 1.82) is 0 Å². The number of hydrogen-bond donors (Lipinski definition) is 0. The van der Waals surface area contributed by atoms with Gasteiger partial charge >= 0.3 is 0 Å². The Kier molecular flexibility index (Phi) is 2.73. The van der Waals surface area contributed by atoms with Crippen LogP contribution in [-0.2, 0) is 6.54 Å². The molecule has 0 saturated heterocycles. The summed E-state index contributed by atoms with van der Waals surface area (Å²) in [5.74, 6) is 0.731. The van der Waals surface area contributed by atoms with Gasteiger partial charge in [0.1, 0.15) is 10.2 Å². The van der Waals surface area contributed by atoms with E-state index in [-0.39, 0.29) is 5.56 Å². The van der Waals surface area contributed by atoms with Crippen LogP contribution in [0.15, 0.2) is 38.4 Å². The molecule has 15 heavy (non-hydrogen) atoms. The Bertz CT molecular complexity index is 517. The molecule has 0 aromatic carbocycles. The molecule has 78 valence electrons. The van der Waals surface area contributed by atoms with E-state index in [1.54, 1.807) is 19.3 Å². The lowest BCUT2D eigenvalue weighted by molar-refractivity contribution is 0.487. The summed E-state index contributed by atoms with van der Waals surface area (Å²) in [6, 6.07) is 3.61. The third kappa shape index (κ3) is 2.02. The van der Waals surface area contributed by atoms with Crippen molar-refractivity contribution in [2.45, 2.75) is 13.5 Å². The van der Waals surface area contributed by atoms with Crippen LogP contribution >= 0.6 is 15.9 Å². The molecule has 0 fully saturated rings. The van der Waals surface area contributed by atoms with Crippen LogP contribution in [0.2, 0.25) is 0 Å². The van der Waals surface area contributed by atoms with Crippen molar-refractivity contribution in [2.75, 3.05) is 0 Å². The average molecular weight is 269 g/mol. The van der Waals surface area contributed by atoms with E-state index in [4.69, 9.17) is 4.42 Å². The SMILES string of the molecule is Cc1ncn(Cc2ccco2)c(=O)c1Br. The molecule has 4 nitrogen and oxygen atoms in total. The Morgan fingerprint density at radius 2 is 2.40 bits per heavy atom. The molecule has 0 atom stereocenters. The molecule has 0 saturated carbocycles. The van der Waals surface area contributed by atoms with E-state index in [1.165, 1.54) is 10.9 Å². The third-order valence-electron chi connectivity index (χ3n) is 2.06. The Hall–Kier alpha value is -1.36. The van der Waals surface area contributed by atoms with Gasteiger partial charge in [-0.3, -0.25) is 9.36 Å². The highest BCUT2D eigenvalue weighted by Crippen LogP contribution is 2.07. The second kappa shape index (κ2) is 4.02. The zero-order chi connectivity index (χ0) is 10.8. The van der Waals surface area contributed by atoms with E-state index in [9.17, 15) is 4.79 Å². The first-order valence-corrected chi connectivity index (χ1v) is 5.21. The Morgan fingerprint density at radius 3 is 3.07 bits per heavy atom. The van der Waals surface area contributed by atoms with Crippen LogP contribution in [0, 0.1) is 6.92 Å². The first-order valence-electron chi connectivity index (χ1n) is 4.42. The predicted molar refractivity (Wildman–Crippen MR) is 58.7 cm³/mol. The molecule has 0 unspecified atom stereocenters. The summed E-state index contributed by atoms with van der Waals surface area (Å²) < 4.78 is 7.15. The number of hydrogen-bond acceptors (Lipinski definition) is 3. The standard InChI is InChI=1S/C10H9BrN2O2/c1-7-9(11)10(14)13(6-12-7)5-8-3-2-4-15-8/h2-4,6H,5H2,1H3. The Labute approximate surface area is 94.7 Å². The van der Waals surface area contributed by atoms with Crippen molar-refractivity contribution in [3.05, 3.63) is 51.0 Å². The lowest BCUT2D eigenvalue weighted by Crippen LogP contribution is -2.22. The van der Waals surface area contributed by atoms with Gasteiger partial charge in [0.2, 0.25) is 0 Å². The van der Waals surface area contributed by atoms with Gasteiger partial charge in [-0.1, -0.05) is 0 Å². The maximum Gasteiger partial charge on any atom is 0.268 e. The van der Waals surface area contributed by atoms with Gasteiger partial charge in [0.25, 0.3) is 5.56 Å². The van der Waals surface area contributed by atoms with Crippen LogP contribution in [0.1, 0.15) is 11.5 Å². The van der Waals surface area contributed by atoms with Crippen LogP contribution < -0.4 is 5.56 Å². The summed E-state index contributed by atoms with van der Waals surface area (Å²) in [5, 5.41) is 0. The summed E-state index contributed by atoms with van der Waals surface area (Å²) in [6.07, 6.45) is 3.10. The molecule has 2 rings (SSSR count). The second-order valence-corrected chi connectivity index (χ2v) is 3.95. The average Bonchev–Trinajstić information content (AvgIpc) is 2.72. The van der Waals surface area contributed by atoms with Crippen LogP contribution in [0.3, 0.4) is 0 Å². The molecule has 2 heterocycles. The molecule has 0 aliphatic carbocycles. The minimum atomic E-state index is -0.0982. The molecule has 0 N–H and O–H groups in total. The number of aromatic nitrogens is 2. The number of nitrogens with zero attached hydrogens (tertiary/aromatic N) is 2. The van der Waals surface area contributed by atoms with Gasteiger partial charge in [0, 0.05) is 0 Å². The molecule has 5 heteroatoms. The maximum atomic E-state index is 11.8. The quantitative estimate of drug-likeness (QED) is 0.837. The van der Waals surface area contributed by atoms with Crippen LogP contribution in [0.5, 0.6) is 0 Å². The summed E-state index contributed by atoms with van der Waals surface area (Å²) in [4.78, 5) is 15.8. The second-order valence-electron chi connectivity index (χ2n) is 3.16. The highest BCUT2D eigenvalue weighted by atomic mass is 79.9. The zero-order valence-electron chi connectivity index (χ0n) is 8.11. The summed E-state index contributed by atoms with van der Waals surface area (Å²) in [7, 11) is 0. The van der Waals surface area contributed by atoms with Gasteiger partial charge < -0.3 is 4.42 Å². The fourth-order valence-corrected chi connectivity index (χ4v) is 1.56. The first-order chi connectivity index (χ1) is 7.18. The Balaban J connectivity index is 2.38. The highest BCUT2D eigenvalue weighted by Gasteiger charge is 2.06. The highest BCUT2D eigenvalue weighted by molar-refractivity contribution is 9.10. The molecule has 2 aromatic rings. The van der Waals surface area contributed by atoms with Crippen LogP contribution in [-0.4, -0.2) is 9.55 Å². The van der Waals surface area contributed by atoms with Gasteiger partial charge in [0.15, 0.2) is 0 Å². The largest absolute Gasteiger partial charge is 0.467 e. The van der Waals surface area contributed by atoms with Crippen LogP contribution in [0.25, 0.3) is 0 Å². The van der Waals surface area contributed by atoms with E-state index in [0.29, 0.717) is 16.7 Å². The van der Waals surface area contributed by atoms with Crippen LogP contribution in [0.4, 0.5) is 0 Å². The number of furan rings is 1. The monoisotopic (exact) mass is 268 g/mol. The predicted octanol–water partition coefficient (Wildman–Crippen LogP) is 1.96. The van der Waals surface area contributed by atoms with Gasteiger partial charge in [0.05, 0.1) is 24.8 Å². The van der Waals surface area contributed by atoms with Crippen molar-refractivity contribution in [3.8, 4) is 0 Å². The number of aryl methyl sites for hydroxylation is 1. The van der Waals surface area contributed by atoms with E-state index >= 15 is 0 Å². The molecule has 0 radical (unpaired) electrons. The Morgan fingerprint density at radius 1 is 1.60 bits per heavy atom. The van der Waals surface area contributed by atoms with E-state index < -0.39 is 0 Å². The molecule has 0 amide bonds. The maximum absolute atomic E-state index is 11.8. The molecule has 2 aromatic heterocycles. The van der Waals surface area contributed by atoms with E-state index in [0.717, 1.165) is 5.76 Å². The molecule has 0 aliphatic rings. The minimum absolute atomic E-state index is 0.0982. The molecular formula is C10H9BrN2O2. The fourth-order valence-electron chi connectivity index (χ4n) is 1.23. The molecule has 0 spiro atoms. The number of halogens is 1. The lowest BCUT2D eigenvalue weighted by Gasteiger charge is -2.04. The molecular weight excluding hydrogens is 260 g/mol. The van der Waals surface area contributed by atoms with Gasteiger partial charge in [-0.05, 0) is 35.0 Å². The van der Waals surface area contributed by atoms with Crippen molar-refractivity contribution < 1.29 is 4.42 Å². The normalized spacial score (nSPS) is 10.5.